The van der Waals surface area contributed by atoms with Gasteiger partial charge in [-0.3, -0.25) is 0 Å². The molecule has 0 bridgehead atoms. The Bertz CT molecular complexity index is 544. The minimum absolute atomic E-state index is 0.0736. The molecule has 0 aliphatic heterocycles. The molecular formula is C16H21N3O. The zero-order valence-corrected chi connectivity index (χ0v) is 11.7. The maximum atomic E-state index is 5.56. The molecule has 0 radical (unpaired) electrons. The van der Waals surface area contributed by atoms with Crippen molar-refractivity contribution in [1.29, 1.82) is 0 Å². The highest BCUT2D eigenvalue weighted by Gasteiger charge is 2.39. The van der Waals surface area contributed by atoms with Gasteiger partial charge in [-0.05, 0) is 18.4 Å². The highest BCUT2D eigenvalue weighted by Crippen LogP contribution is 2.43. The van der Waals surface area contributed by atoms with E-state index < -0.39 is 0 Å². The van der Waals surface area contributed by atoms with Gasteiger partial charge in [-0.15, -0.1) is 0 Å². The average molecular weight is 271 g/mol. The second-order valence-electron chi connectivity index (χ2n) is 5.56. The molecule has 4 heteroatoms. The van der Waals surface area contributed by atoms with Crippen LogP contribution < -0.4 is 5.73 Å². The van der Waals surface area contributed by atoms with Crippen molar-refractivity contribution in [3.05, 3.63) is 47.6 Å². The van der Waals surface area contributed by atoms with Gasteiger partial charge in [-0.2, -0.15) is 4.98 Å². The van der Waals surface area contributed by atoms with Gasteiger partial charge in [0.2, 0.25) is 5.89 Å². The van der Waals surface area contributed by atoms with Gasteiger partial charge in [0.25, 0.3) is 0 Å². The Morgan fingerprint density at radius 2 is 1.85 bits per heavy atom. The predicted octanol–water partition coefficient (Wildman–Crippen LogP) is 2.82. The van der Waals surface area contributed by atoms with E-state index in [0.717, 1.165) is 18.7 Å². The predicted molar refractivity (Wildman–Crippen MR) is 77.4 cm³/mol. The Kier molecular flexibility index (Phi) is 3.83. The van der Waals surface area contributed by atoms with Crippen molar-refractivity contribution in [2.45, 2.75) is 43.9 Å². The molecule has 0 spiro atoms. The first-order chi connectivity index (χ1) is 9.85. The molecule has 2 N–H and O–H groups in total. The second kappa shape index (κ2) is 5.75. The van der Waals surface area contributed by atoms with E-state index in [0.29, 0.717) is 18.9 Å². The van der Waals surface area contributed by atoms with Crippen molar-refractivity contribution in [2.75, 3.05) is 6.54 Å². The van der Waals surface area contributed by atoms with Gasteiger partial charge in [-0.25, -0.2) is 0 Å². The van der Waals surface area contributed by atoms with Gasteiger partial charge in [0.1, 0.15) is 0 Å². The first-order valence-electron chi connectivity index (χ1n) is 7.44. The summed E-state index contributed by atoms with van der Waals surface area (Å²) in [6.45, 7) is 0.542. The number of hydrogen-bond donors (Lipinski definition) is 1. The smallest absolute Gasteiger partial charge is 0.227 e. The lowest BCUT2D eigenvalue weighted by Gasteiger charge is -2.34. The number of rotatable bonds is 4. The Morgan fingerprint density at radius 3 is 2.55 bits per heavy atom. The standard InChI is InChI=1S/C16H21N3O/c17-12-9-14-18-15(19-20-14)16(10-5-2-6-11-16)13-7-3-1-4-8-13/h1,3-4,7-8H,2,5-6,9-12,17H2. The molecule has 1 aromatic carbocycles. The fourth-order valence-electron chi connectivity index (χ4n) is 3.23. The van der Waals surface area contributed by atoms with Crippen LogP contribution in [0.1, 0.15) is 49.4 Å². The molecule has 0 amide bonds. The SMILES string of the molecule is NCCc1nc(C2(c3ccccc3)CCCCC2)no1. The first kappa shape index (κ1) is 13.3. The van der Waals surface area contributed by atoms with E-state index in [9.17, 15) is 0 Å². The summed E-state index contributed by atoms with van der Waals surface area (Å²) in [5, 5.41) is 4.27. The fourth-order valence-corrected chi connectivity index (χ4v) is 3.23. The van der Waals surface area contributed by atoms with E-state index in [1.54, 1.807) is 0 Å². The Morgan fingerprint density at radius 1 is 1.10 bits per heavy atom. The zero-order chi connectivity index (χ0) is 13.8. The molecule has 1 saturated carbocycles. The zero-order valence-electron chi connectivity index (χ0n) is 11.7. The minimum Gasteiger partial charge on any atom is -0.339 e. The minimum atomic E-state index is -0.0736. The molecule has 1 aliphatic carbocycles. The molecule has 1 aromatic heterocycles. The van der Waals surface area contributed by atoms with Crippen molar-refractivity contribution in [1.82, 2.24) is 10.1 Å². The fraction of sp³-hybridized carbons (Fsp3) is 0.500. The Balaban J connectivity index is 2.00. The van der Waals surface area contributed by atoms with Crippen LogP contribution in [0.3, 0.4) is 0 Å². The van der Waals surface area contributed by atoms with E-state index >= 15 is 0 Å². The van der Waals surface area contributed by atoms with Crippen molar-refractivity contribution in [3.8, 4) is 0 Å². The number of aromatic nitrogens is 2. The lowest BCUT2D eigenvalue weighted by atomic mass is 9.69. The third-order valence-corrected chi connectivity index (χ3v) is 4.29. The molecule has 1 aliphatic rings. The molecule has 0 saturated heterocycles. The van der Waals surface area contributed by atoms with Crippen molar-refractivity contribution in [2.24, 2.45) is 5.73 Å². The molecule has 106 valence electrons. The van der Waals surface area contributed by atoms with Crippen LogP contribution >= 0.6 is 0 Å². The molecule has 20 heavy (non-hydrogen) atoms. The van der Waals surface area contributed by atoms with Crippen LogP contribution in [0, 0.1) is 0 Å². The van der Waals surface area contributed by atoms with Gasteiger partial charge in [-0.1, -0.05) is 54.8 Å². The number of hydrogen-bond acceptors (Lipinski definition) is 4. The van der Waals surface area contributed by atoms with Gasteiger partial charge >= 0.3 is 0 Å². The van der Waals surface area contributed by atoms with Crippen LogP contribution in [0.2, 0.25) is 0 Å². The van der Waals surface area contributed by atoms with Gasteiger partial charge < -0.3 is 10.3 Å². The van der Waals surface area contributed by atoms with Crippen LogP contribution in [0.25, 0.3) is 0 Å². The molecule has 0 unspecified atom stereocenters. The largest absolute Gasteiger partial charge is 0.339 e. The van der Waals surface area contributed by atoms with Crippen LogP contribution in [0.5, 0.6) is 0 Å². The number of nitrogens with zero attached hydrogens (tertiary/aromatic N) is 2. The van der Waals surface area contributed by atoms with E-state index in [-0.39, 0.29) is 5.41 Å². The highest BCUT2D eigenvalue weighted by atomic mass is 16.5. The summed E-state index contributed by atoms with van der Waals surface area (Å²) < 4.78 is 5.36. The van der Waals surface area contributed by atoms with Crippen LogP contribution in [0.15, 0.2) is 34.9 Å². The highest BCUT2D eigenvalue weighted by molar-refractivity contribution is 5.33. The maximum Gasteiger partial charge on any atom is 0.227 e. The average Bonchev–Trinajstić information content (AvgIpc) is 2.98. The molecule has 3 rings (SSSR count). The van der Waals surface area contributed by atoms with Gasteiger partial charge in [0, 0.05) is 13.0 Å². The second-order valence-corrected chi connectivity index (χ2v) is 5.56. The third-order valence-electron chi connectivity index (χ3n) is 4.29. The summed E-state index contributed by atoms with van der Waals surface area (Å²) in [5.74, 6) is 1.50. The summed E-state index contributed by atoms with van der Waals surface area (Å²) in [7, 11) is 0. The van der Waals surface area contributed by atoms with Gasteiger partial charge in [0.15, 0.2) is 5.82 Å². The van der Waals surface area contributed by atoms with Crippen LogP contribution in [0.4, 0.5) is 0 Å². The monoisotopic (exact) mass is 271 g/mol. The van der Waals surface area contributed by atoms with Crippen molar-refractivity contribution >= 4 is 0 Å². The third kappa shape index (κ3) is 2.36. The van der Waals surface area contributed by atoms with Gasteiger partial charge in [0.05, 0.1) is 5.41 Å². The van der Waals surface area contributed by atoms with Crippen LogP contribution in [-0.4, -0.2) is 16.7 Å². The number of benzene rings is 1. The molecule has 2 aromatic rings. The summed E-state index contributed by atoms with van der Waals surface area (Å²) in [6.07, 6.45) is 6.57. The van der Waals surface area contributed by atoms with E-state index in [2.05, 4.69) is 40.5 Å². The first-order valence-corrected chi connectivity index (χ1v) is 7.44. The molecular weight excluding hydrogens is 250 g/mol. The maximum absolute atomic E-state index is 5.56. The van der Waals surface area contributed by atoms with Crippen LogP contribution in [-0.2, 0) is 11.8 Å². The van der Waals surface area contributed by atoms with E-state index in [4.69, 9.17) is 10.3 Å². The molecule has 1 fully saturated rings. The molecule has 1 heterocycles. The molecule has 0 atom stereocenters. The Hall–Kier alpha value is -1.68. The lowest BCUT2D eigenvalue weighted by molar-refractivity contribution is 0.309. The normalized spacial score (nSPS) is 18.1. The topological polar surface area (TPSA) is 64.9 Å². The van der Waals surface area contributed by atoms with E-state index in [1.165, 1.54) is 24.8 Å². The summed E-state index contributed by atoms with van der Waals surface area (Å²) >= 11 is 0. The van der Waals surface area contributed by atoms with Crippen molar-refractivity contribution < 1.29 is 4.52 Å². The quantitative estimate of drug-likeness (QED) is 0.928. The summed E-state index contributed by atoms with van der Waals surface area (Å²) in [5.41, 5.74) is 6.80. The lowest BCUT2D eigenvalue weighted by Crippen LogP contribution is -2.31. The Labute approximate surface area is 119 Å². The van der Waals surface area contributed by atoms with E-state index in [1.807, 2.05) is 0 Å². The molecule has 4 nitrogen and oxygen atoms in total. The van der Waals surface area contributed by atoms with Crippen molar-refractivity contribution in [3.63, 3.8) is 0 Å². The number of nitrogens with two attached hydrogens (primary N) is 1. The summed E-state index contributed by atoms with van der Waals surface area (Å²) in [4.78, 5) is 4.61. The summed E-state index contributed by atoms with van der Waals surface area (Å²) in [6, 6.07) is 10.6.